The van der Waals surface area contributed by atoms with Crippen molar-refractivity contribution in [2.75, 3.05) is 20.2 Å². The average Bonchev–Trinajstić information content (AvgIpc) is 2.38. The largest absolute Gasteiger partial charge is 0.378 e. The van der Waals surface area contributed by atoms with Gasteiger partial charge in [0.1, 0.15) is 0 Å². The van der Waals surface area contributed by atoms with Crippen LogP contribution in [0, 0.1) is 0 Å². The predicted molar refractivity (Wildman–Crippen MR) is 77.8 cm³/mol. The van der Waals surface area contributed by atoms with E-state index in [4.69, 9.17) is 10.5 Å². The number of hydrogen-bond acceptors (Lipinski definition) is 3. The maximum atomic E-state index is 6.13. The Morgan fingerprint density at radius 1 is 1.39 bits per heavy atom. The third-order valence-electron chi connectivity index (χ3n) is 4.64. The Morgan fingerprint density at radius 3 is 2.67 bits per heavy atom. The van der Waals surface area contributed by atoms with Gasteiger partial charge in [0.25, 0.3) is 0 Å². The molecule has 0 aromatic rings. The van der Waals surface area contributed by atoms with E-state index in [0.717, 1.165) is 32.4 Å². The number of likely N-dealkylation sites (N-methyl/N-ethyl adjacent to an activating group) is 1. The molecule has 0 spiro atoms. The minimum absolute atomic E-state index is 0.159. The molecule has 0 aromatic heterocycles. The second-order valence-electron chi connectivity index (χ2n) is 5.91. The molecule has 3 heteroatoms. The van der Waals surface area contributed by atoms with E-state index < -0.39 is 0 Å². The monoisotopic (exact) mass is 256 g/mol. The molecule has 3 unspecified atom stereocenters. The van der Waals surface area contributed by atoms with Gasteiger partial charge in [-0.15, -0.1) is 0 Å². The van der Waals surface area contributed by atoms with Gasteiger partial charge in [-0.3, -0.25) is 4.90 Å². The Hall–Kier alpha value is -0.120. The predicted octanol–water partition coefficient (Wildman–Crippen LogP) is 2.78. The zero-order valence-corrected chi connectivity index (χ0v) is 12.7. The molecular formula is C15H32N2O. The fraction of sp³-hybridized carbons (Fsp3) is 1.00. The van der Waals surface area contributed by atoms with Crippen LogP contribution in [-0.4, -0.2) is 42.8 Å². The molecule has 2 N–H and O–H groups in total. The van der Waals surface area contributed by atoms with Crippen LogP contribution in [0.3, 0.4) is 0 Å². The minimum atomic E-state index is 0.159. The molecule has 1 aliphatic rings. The van der Waals surface area contributed by atoms with E-state index in [1.807, 2.05) is 0 Å². The van der Waals surface area contributed by atoms with Gasteiger partial charge in [0.2, 0.25) is 0 Å². The zero-order valence-electron chi connectivity index (χ0n) is 12.7. The number of hydrogen-bond donors (Lipinski definition) is 1. The summed E-state index contributed by atoms with van der Waals surface area (Å²) in [5, 5.41) is 0. The summed E-state index contributed by atoms with van der Waals surface area (Å²) in [5.41, 5.74) is 6.29. The molecule has 0 aliphatic carbocycles. The van der Waals surface area contributed by atoms with Crippen LogP contribution in [0.25, 0.3) is 0 Å². The summed E-state index contributed by atoms with van der Waals surface area (Å²) < 4.78 is 5.88. The van der Waals surface area contributed by atoms with E-state index >= 15 is 0 Å². The van der Waals surface area contributed by atoms with Crippen LogP contribution < -0.4 is 5.73 Å². The van der Waals surface area contributed by atoms with Crippen LogP contribution in [0.15, 0.2) is 0 Å². The van der Waals surface area contributed by atoms with Crippen molar-refractivity contribution in [1.82, 2.24) is 4.90 Å². The van der Waals surface area contributed by atoms with Gasteiger partial charge in [-0.25, -0.2) is 0 Å². The molecule has 1 aliphatic heterocycles. The van der Waals surface area contributed by atoms with Gasteiger partial charge in [0.05, 0.1) is 6.10 Å². The fourth-order valence-electron chi connectivity index (χ4n) is 3.24. The van der Waals surface area contributed by atoms with Crippen molar-refractivity contribution in [1.29, 1.82) is 0 Å². The minimum Gasteiger partial charge on any atom is -0.378 e. The molecular weight excluding hydrogens is 224 g/mol. The number of rotatable bonds is 7. The second-order valence-corrected chi connectivity index (χ2v) is 5.91. The normalized spacial score (nSPS) is 30.7. The van der Waals surface area contributed by atoms with E-state index in [2.05, 4.69) is 32.7 Å². The summed E-state index contributed by atoms with van der Waals surface area (Å²) in [6.45, 7) is 8.42. The standard InChI is InChI=1S/C15H32N2O/c1-5-7-13(3)17(4)15(12-16)9-10-18-14(11-15)8-6-2/h13-14H,5-12,16H2,1-4H3. The Morgan fingerprint density at radius 2 is 2.11 bits per heavy atom. The van der Waals surface area contributed by atoms with Gasteiger partial charge >= 0.3 is 0 Å². The molecule has 0 amide bonds. The number of nitrogens with zero attached hydrogens (tertiary/aromatic N) is 1. The lowest BCUT2D eigenvalue weighted by molar-refractivity contribution is -0.0767. The van der Waals surface area contributed by atoms with E-state index in [-0.39, 0.29) is 5.54 Å². The van der Waals surface area contributed by atoms with Gasteiger partial charge in [0.15, 0.2) is 0 Å². The first-order valence-electron chi connectivity index (χ1n) is 7.64. The van der Waals surface area contributed by atoms with E-state index in [9.17, 15) is 0 Å². The van der Waals surface area contributed by atoms with Crippen LogP contribution in [0.1, 0.15) is 59.3 Å². The summed E-state index contributed by atoms with van der Waals surface area (Å²) in [6.07, 6.45) is 7.43. The van der Waals surface area contributed by atoms with Crippen molar-refractivity contribution in [2.45, 2.75) is 77.0 Å². The maximum Gasteiger partial charge on any atom is 0.0593 e. The summed E-state index contributed by atoms with van der Waals surface area (Å²) in [7, 11) is 2.25. The third-order valence-corrected chi connectivity index (χ3v) is 4.64. The molecule has 0 aromatic carbocycles. The zero-order chi connectivity index (χ0) is 13.6. The Bertz CT molecular complexity index is 229. The lowest BCUT2D eigenvalue weighted by atomic mass is 9.82. The first-order valence-corrected chi connectivity index (χ1v) is 7.64. The van der Waals surface area contributed by atoms with Crippen molar-refractivity contribution in [3.8, 4) is 0 Å². The van der Waals surface area contributed by atoms with Gasteiger partial charge in [-0.2, -0.15) is 0 Å². The highest BCUT2D eigenvalue weighted by atomic mass is 16.5. The first-order chi connectivity index (χ1) is 8.59. The third kappa shape index (κ3) is 3.69. The fourth-order valence-corrected chi connectivity index (χ4v) is 3.24. The lowest BCUT2D eigenvalue weighted by Crippen LogP contribution is -2.59. The molecule has 3 nitrogen and oxygen atoms in total. The van der Waals surface area contributed by atoms with Gasteiger partial charge < -0.3 is 10.5 Å². The van der Waals surface area contributed by atoms with Crippen LogP contribution >= 0.6 is 0 Å². The van der Waals surface area contributed by atoms with Crippen LogP contribution in [0.4, 0.5) is 0 Å². The van der Waals surface area contributed by atoms with Crippen LogP contribution in [0.2, 0.25) is 0 Å². The first kappa shape index (κ1) is 15.9. The van der Waals surface area contributed by atoms with Crippen molar-refractivity contribution in [3.05, 3.63) is 0 Å². The summed E-state index contributed by atoms with van der Waals surface area (Å²) >= 11 is 0. The van der Waals surface area contributed by atoms with E-state index in [0.29, 0.717) is 12.1 Å². The highest BCUT2D eigenvalue weighted by molar-refractivity contribution is 4.96. The Balaban J connectivity index is 2.70. The van der Waals surface area contributed by atoms with Crippen LogP contribution in [-0.2, 0) is 4.74 Å². The highest BCUT2D eigenvalue weighted by Crippen LogP contribution is 2.33. The molecule has 18 heavy (non-hydrogen) atoms. The number of ether oxygens (including phenoxy) is 1. The number of nitrogens with two attached hydrogens (primary N) is 1. The van der Waals surface area contributed by atoms with Gasteiger partial charge in [0, 0.05) is 24.7 Å². The summed E-state index contributed by atoms with van der Waals surface area (Å²) in [5.74, 6) is 0. The van der Waals surface area contributed by atoms with Crippen molar-refractivity contribution in [2.24, 2.45) is 5.73 Å². The van der Waals surface area contributed by atoms with Gasteiger partial charge in [-0.05, 0) is 39.7 Å². The SMILES string of the molecule is CCCC1CC(CN)(N(C)C(C)CCC)CCO1. The van der Waals surface area contributed by atoms with Crippen molar-refractivity contribution >= 4 is 0 Å². The molecule has 1 rings (SSSR count). The summed E-state index contributed by atoms with van der Waals surface area (Å²) in [4.78, 5) is 2.53. The van der Waals surface area contributed by atoms with Crippen LogP contribution in [0.5, 0.6) is 0 Å². The van der Waals surface area contributed by atoms with Crippen molar-refractivity contribution < 1.29 is 4.74 Å². The molecule has 1 saturated heterocycles. The molecule has 108 valence electrons. The Kier molecular flexibility index (Phi) is 6.61. The average molecular weight is 256 g/mol. The molecule has 0 bridgehead atoms. The molecule has 3 atom stereocenters. The molecule has 1 fully saturated rings. The molecule has 1 heterocycles. The van der Waals surface area contributed by atoms with E-state index in [1.165, 1.54) is 19.3 Å². The topological polar surface area (TPSA) is 38.5 Å². The Labute approximate surface area is 113 Å². The second kappa shape index (κ2) is 7.46. The van der Waals surface area contributed by atoms with Gasteiger partial charge in [-0.1, -0.05) is 26.7 Å². The molecule has 0 saturated carbocycles. The molecule has 0 radical (unpaired) electrons. The van der Waals surface area contributed by atoms with E-state index in [1.54, 1.807) is 0 Å². The van der Waals surface area contributed by atoms with Crippen molar-refractivity contribution in [3.63, 3.8) is 0 Å². The lowest BCUT2D eigenvalue weighted by Gasteiger charge is -2.49. The smallest absolute Gasteiger partial charge is 0.0593 e. The quantitative estimate of drug-likeness (QED) is 0.761. The maximum absolute atomic E-state index is 6.13. The summed E-state index contributed by atoms with van der Waals surface area (Å²) in [6, 6.07) is 0.610. The highest BCUT2D eigenvalue weighted by Gasteiger charge is 2.40.